The Morgan fingerprint density at radius 3 is 2.76 bits per heavy atom. The van der Waals surface area contributed by atoms with Gasteiger partial charge < -0.3 is 10.1 Å². The lowest BCUT2D eigenvalue weighted by Gasteiger charge is -2.13. The third-order valence-electron chi connectivity index (χ3n) is 3.50. The molecule has 2 aromatic heterocycles. The van der Waals surface area contributed by atoms with Crippen molar-refractivity contribution < 1.29 is 27.1 Å². The number of carbonyl (C=O) groups is 1. The summed E-state index contributed by atoms with van der Waals surface area (Å²) >= 11 is 0. The lowest BCUT2D eigenvalue weighted by molar-refractivity contribution is -0.140. The summed E-state index contributed by atoms with van der Waals surface area (Å²) in [5.74, 6) is -1.19. The molecule has 5 nitrogen and oxygen atoms in total. The third-order valence-corrected chi connectivity index (χ3v) is 3.50. The summed E-state index contributed by atoms with van der Waals surface area (Å²) in [6, 6.07) is 5.97. The molecule has 0 atom stereocenters. The molecule has 0 aliphatic rings. The van der Waals surface area contributed by atoms with Crippen LogP contribution in [0.1, 0.15) is 11.1 Å². The summed E-state index contributed by atoms with van der Waals surface area (Å²) in [7, 11) is 0. The smallest absolute Gasteiger partial charge is 0.409 e. The van der Waals surface area contributed by atoms with Gasteiger partial charge >= 0.3 is 6.18 Å². The minimum absolute atomic E-state index is 0.0290. The number of carbonyl (C=O) groups excluding carboxylic acids is 1. The first-order valence-electron chi connectivity index (χ1n) is 7.06. The van der Waals surface area contributed by atoms with E-state index >= 15 is 0 Å². The molecule has 0 unspecified atom stereocenters. The van der Waals surface area contributed by atoms with E-state index in [-0.39, 0.29) is 24.5 Å². The largest absolute Gasteiger partial charge is 0.419 e. The SMILES string of the molecule is O=COc1c(NCc2ccc(F)c(C(F)(F)F)c2)ccc2nccn12. The number of hydrogen-bond donors (Lipinski definition) is 1. The van der Waals surface area contributed by atoms with Gasteiger partial charge in [-0.2, -0.15) is 13.2 Å². The van der Waals surface area contributed by atoms with E-state index in [4.69, 9.17) is 4.74 Å². The maximum atomic E-state index is 13.3. The Morgan fingerprint density at radius 1 is 1.24 bits per heavy atom. The second-order valence-corrected chi connectivity index (χ2v) is 5.09. The van der Waals surface area contributed by atoms with Gasteiger partial charge in [-0.05, 0) is 29.8 Å². The molecule has 2 heterocycles. The monoisotopic (exact) mass is 353 g/mol. The minimum Gasteiger partial charge on any atom is -0.409 e. The van der Waals surface area contributed by atoms with Crippen LogP contribution in [0.3, 0.4) is 0 Å². The summed E-state index contributed by atoms with van der Waals surface area (Å²) in [6.07, 6.45) is -1.70. The average Bonchev–Trinajstić information content (AvgIpc) is 3.03. The van der Waals surface area contributed by atoms with E-state index in [1.807, 2.05) is 0 Å². The van der Waals surface area contributed by atoms with Gasteiger partial charge in [0.05, 0.1) is 11.3 Å². The zero-order valence-corrected chi connectivity index (χ0v) is 12.5. The van der Waals surface area contributed by atoms with Crippen molar-refractivity contribution in [1.82, 2.24) is 9.38 Å². The van der Waals surface area contributed by atoms with Crippen LogP contribution in [0.4, 0.5) is 23.2 Å². The molecule has 1 N–H and O–H groups in total. The van der Waals surface area contributed by atoms with Crippen LogP contribution in [0.5, 0.6) is 5.88 Å². The standard InChI is InChI=1S/C16H11F4N3O2/c17-12-2-1-10(7-11(12)16(18,19)20)8-22-13-3-4-14-21-5-6-23(14)15(13)25-9-24/h1-7,9,22H,8H2. The van der Waals surface area contributed by atoms with Gasteiger partial charge in [0.1, 0.15) is 11.5 Å². The zero-order valence-electron chi connectivity index (χ0n) is 12.5. The number of alkyl halides is 3. The van der Waals surface area contributed by atoms with Crippen molar-refractivity contribution in [3.63, 3.8) is 0 Å². The number of fused-ring (bicyclic) bond motifs is 1. The lowest BCUT2D eigenvalue weighted by atomic mass is 10.1. The molecule has 0 fully saturated rings. The molecule has 9 heteroatoms. The van der Waals surface area contributed by atoms with Gasteiger partial charge in [-0.1, -0.05) is 6.07 Å². The Morgan fingerprint density at radius 2 is 2.04 bits per heavy atom. The number of nitrogens with zero attached hydrogens (tertiary/aromatic N) is 2. The number of ether oxygens (including phenoxy) is 1. The predicted octanol–water partition coefficient (Wildman–Crippen LogP) is 3.64. The maximum absolute atomic E-state index is 13.3. The van der Waals surface area contributed by atoms with Crippen LogP contribution in [0.25, 0.3) is 5.65 Å². The maximum Gasteiger partial charge on any atom is 0.419 e. The molecule has 0 amide bonds. The van der Waals surface area contributed by atoms with Crippen LogP contribution < -0.4 is 10.1 Å². The van der Waals surface area contributed by atoms with Crippen molar-refractivity contribution in [2.45, 2.75) is 12.7 Å². The molecule has 0 spiro atoms. The number of pyridine rings is 1. The fourth-order valence-corrected chi connectivity index (χ4v) is 2.37. The molecule has 0 aliphatic heterocycles. The molecule has 0 saturated carbocycles. The molecule has 0 bridgehead atoms. The average molecular weight is 353 g/mol. The molecule has 3 aromatic rings. The van der Waals surface area contributed by atoms with Crippen molar-refractivity contribution in [2.75, 3.05) is 5.32 Å². The van der Waals surface area contributed by atoms with Gasteiger partial charge in [0.2, 0.25) is 5.88 Å². The fourth-order valence-electron chi connectivity index (χ4n) is 2.37. The molecular formula is C16H11F4N3O2. The zero-order chi connectivity index (χ0) is 18.0. The molecule has 130 valence electrons. The van der Waals surface area contributed by atoms with E-state index < -0.39 is 17.6 Å². The summed E-state index contributed by atoms with van der Waals surface area (Å²) < 4.78 is 58.1. The van der Waals surface area contributed by atoms with Crippen molar-refractivity contribution in [1.29, 1.82) is 0 Å². The van der Waals surface area contributed by atoms with Crippen molar-refractivity contribution in [2.24, 2.45) is 0 Å². The van der Waals surface area contributed by atoms with Crippen LogP contribution in [0, 0.1) is 5.82 Å². The predicted molar refractivity (Wildman–Crippen MR) is 80.6 cm³/mol. The van der Waals surface area contributed by atoms with Crippen LogP contribution in [0.2, 0.25) is 0 Å². The number of hydrogen-bond acceptors (Lipinski definition) is 4. The molecule has 0 aliphatic carbocycles. The van der Waals surface area contributed by atoms with Gasteiger partial charge in [-0.3, -0.25) is 9.20 Å². The van der Waals surface area contributed by atoms with Crippen molar-refractivity contribution in [3.8, 4) is 5.88 Å². The van der Waals surface area contributed by atoms with E-state index in [2.05, 4.69) is 10.3 Å². The first kappa shape index (κ1) is 16.7. The van der Waals surface area contributed by atoms with E-state index in [1.165, 1.54) is 16.7 Å². The normalized spacial score (nSPS) is 11.5. The molecular weight excluding hydrogens is 342 g/mol. The molecule has 0 radical (unpaired) electrons. The Kier molecular flexibility index (Phi) is 4.30. The molecule has 3 rings (SSSR count). The Labute approximate surface area is 138 Å². The second kappa shape index (κ2) is 6.42. The van der Waals surface area contributed by atoms with Crippen molar-refractivity contribution >= 4 is 17.8 Å². The van der Waals surface area contributed by atoms with Gasteiger partial charge in [0.15, 0.2) is 0 Å². The Bertz CT molecular complexity index is 921. The number of halogens is 4. The van der Waals surface area contributed by atoms with Gasteiger partial charge in [0, 0.05) is 18.9 Å². The van der Waals surface area contributed by atoms with Crippen LogP contribution >= 0.6 is 0 Å². The number of imidazole rings is 1. The first-order chi connectivity index (χ1) is 11.9. The molecule has 25 heavy (non-hydrogen) atoms. The van der Waals surface area contributed by atoms with Gasteiger partial charge in [-0.15, -0.1) is 0 Å². The number of aromatic nitrogens is 2. The molecule has 0 saturated heterocycles. The van der Waals surface area contributed by atoms with Gasteiger partial charge in [0.25, 0.3) is 6.47 Å². The van der Waals surface area contributed by atoms with Crippen LogP contribution in [-0.2, 0) is 17.5 Å². The summed E-state index contributed by atoms with van der Waals surface area (Å²) in [5, 5.41) is 2.87. The van der Waals surface area contributed by atoms with E-state index in [0.717, 1.165) is 12.1 Å². The highest BCUT2D eigenvalue weighted by Gasteiger charge is 2.34. The highest BCUT2D eigenvalue weighted by atomic mass is 19.4. The highest BCUT2D eigenvalue weighted by molar-refractivity contribution is 5.63. The second-order valence-electron chi connectivity index (χ2n) is 5.09. The summed E-state index contributed by atoms with van der Waals surface area (Å²) in [4.78, 5) is 14.8. The van der Waals surface area contributed by atoms with Crippen LogP contribution in [0.15, 0.2) is 42.7 Å². The number of nitrogens with one attached hydrogen (secondary N) is 1. The summed E-state index contributed by atoms with van der Waals surface area (Å²) in [6.45, 7) is 0.207. The third kappa shape index (κ3) is 3.39. The van der Waals surface area contributed by atoms with Crippen molar-refractivity contribution in [3.05, 3.63) is 59.7 Å². The number of benzene rings is 1. The van der Waals surface area contributed by atoms with Crippen LogP contribution in [-0.4, -0.2) is 15.9 Å². The Hall–Kier alpha value is -3.10. The Balaban J connectivity index is 1.88. The van der Waals surface area contributed by atoms with E-state index in [9.17, 15) is 22.4 Å². The number of anilines is 1. The minimum atomic E-state index is -4.78. The fraction of sp³-hybridized carbons (Fsp3) is 0.125. The highest BCUT2D eigenvalue weighted by Crippen LogP contribution is 2.32. The quantitative estimate of drug-likeness (QED) is 0.562. The topological polar surface area (TPSA) is 55.6 Å². The number of rotatable bonds is 5. The first-order valence-corrected chi connectivity index (χ1v) is 7.06. The van der Waals surface area contributed by atoms with Gasteiger partial charge in [-0.25, -0.2) is 9.37 Å². The van der Waals surface area contributed by atoms with E-state index in [1.54, 1.807) is 18.3 Å². The summed E-state index contributed by atoms with van der Waals surface area (Å²) in [5.41, 5.74) is -0.211. The lowest BCUT2D eigenvalue weighted by Crippen LogP contribution is -2.10. The van der Waals surface area contributed by atoms with E-state index in [0.29, 0.717) is 11.3 Å². The molecule has 1 aromatic carbocycles.